The van der Waals surface area contributed by atoms with E-state index in [-0.39, 0.29) is 18.3 Å². The van der Waals surface area contributed by atoms with Crippen LogP contribution in [0.25, 0.3) is 0 Å². The lowest BCUT2D eigenvalue weighted by molar-refractivity contribution is 0.0653. The van der Waals surface area contributed by atoms with E-state index in [9.17, 15) is 4.79 Å². The van der Waals surface area contributed by atoms with Crippen molar-refractivity contribution in [2.75, 3.05) is 0 Å². The molecule has 0 fully saturated rings. The van der Waals surface area contributed by atoms with Crippen molar-refractivity contribution in [1.82, 2.24) is 10.2 Å². The van der Waals surface area contributed by atoms with E-state index in [1.165, 1.54) is 0 Å². The Morgan fingerprint density at radius 2 is 2.44 bits per heavy atom. The first kappa shape index (κ1) is 7.90. The number of carboxylic acids is 1. The first-order valence-corrected chi connectivity index (χ1v) is 1.80. The number of carboxylic acid groups (broad SMARTS) is 1. The first-order chi connectivity index (χ1) is 3.80. The summed E-state index contributed by atoms with van der Waals surface area (Å²) in [6.45, 7) is 0. The Morgan fingerprint density at radius 1 is 1.78 bits per heavy atom. The number of hydrogen-bond donors (Lipinski definition) is 1. The van der Waals surface area contributed by atoms with Gasteiger partial charge in [-0.15, -0.1) is 22.6 Å². The summed E-state index contributed by atoms with van der Waals surface area (Å²) in [5, 5.41) is 14.3. The molecule has 1 aromatic heterocycles. The van der Waals surface area contributed by atoms with Gasteiger partial charge in [0.25, 0.3) is 0 Å². The summed E-state index contributed by atoms with van der Waals surface area (Å²) in [6.07, 6.45) is 0.962. The predicted molar refractivity (Wildman–Crippen MR) is 28.5 cm³/mol. The highest BCUT2D eigenvalue weighted by molar-refractivity contribution is 5.85. The molecule has 0 aliphatic rings. The minimum absolute atomic E-state index is 0. The molecule has 0 aromatic carbocycles. The van der Waals surface area contributed by atoms with Gasteiger partial charge in [-0.2, -0.15) is 0 Å². The number of carbonyl (C=O) groups is 1. The van der Waals surface area contributed by atoms with E-state index in [2.05, 4.69) is 14.6 Å². The van der Waals surface area contributed by atoms with Crippen molar-refractivity contribution in [1.29, 1.82) is 0 Å². The second kappa shape index (κ2) is 3.03. The molecule has 50 valence electrons. The van der Waals surface area contributed by atoms with E-state index < -0.39 is 5.97 Å². The van der Waals surface area contributed by atoms with Gasteiger partial charge in [0.1, 0.15) is 0 Å². The van der Waals surface area contributed by atoms with Crippen LogP contribution in [0.5, 0.6) is 0 Å². The van der Waals surface area contributed by atoms with Crippen LogP contribution in [-0.2, 0) is 0 Å². The van der Waals surface area contributed by atoms with Gasteiger partial charge in [0.05, 0.1) is 0 Å². The molecule has 0 radical (unpaired) electrons. The maximum absolute atomic E-state index is 9.87. The van der Waals surface area contributed by atoms with Crippen molar-refractivity contribution < 1.29 is 14.3 Å². The van der Waals surface area contributed by atoms with Gasteiger partial charge in [-0.05, 0) is 0 Å². The zero-order chi connectivity index (χ0) is 5.98. The smallest absolute Gasteiger partial charge is 0.393 e. The molecule has 9 heavy (non-hydrogen) atoms. The van der Waals surface area contributed by atoms with Crippen LogP contribution in [0.3, 0.4) is 0 Å². The minimum atomic E-state index is -1.21. The van der Waals surface area contributed by atoms with Crippen LogP contribution in [-0.4, -0.2) is 21.3 Å². The number of aromatic nitrogens is 2. The fourth-order valence-electron chi connectivity index (χ4n) is 0.266. The highest BCUT2D eigenvalue weighted by atomic mass is 35.5. The van der Waals surface area contributed by atoms with Gasteiger partial charge >= 0.3 is 11.9 Å². The Hall–Kier alpha value is -1.10. The molecule has 0 bridgehead atoms. The van der Waals surface area contributed by atoms with Gasteiger partial charge in [-0.3, -0.25) is 0 Å². The summed E-state index contributed by atoms with van der Waals surface area (Å²) in [5.74, 6) is -1.59. The number of rotatable bonds is 1. The summed E-state index contributed by atoms with van der Waals surface area (Å²) < 4.78 is 4.27. The minimum Gasteiger partial charge on any atom is -0.474 e. The molecule has 1 heterocycles. The van der Waals surface area contributed by atoms with Crippen molar-refractivity contribution in [3.63, 3.8) is 0 Å². The van der Waals surface area contributed by atoms with Crippen molar-refractivity contribution in [3.05, 3.63) is 12.3 Å². The molecule has 0 amide bonds. The van der Waals surface area contributed by atoms with Crippen LogP contribution in [0.2, 0.25) is 0 Å². The first-order valence-electron chi connectivity index (χ1n) is 1.80. The van der Waals surface area contributed by atoms with Crippen LogP contribution in [0.15, 0.2) is 10.8 Å². The Bertz CT molecular complexity index is 185. The van der Waals surface area contributed by atoms with Crippen molar-refractivity contribution in [2.24, 2.45) is 0 Å². The number of aromatic carboxylic acids is 1. The monoisotopic (exact) mass is 150 g/mol. The highest BCUT2D eigenvalue weighted by Crippen LogP contribution is 1.87. The molecule has 0 saturated carbocycles. The fraction of sp³-hybridized carbons (Fsp3) is 0. The van der Waals surface area contributed by atoms with Gasteiger partial charge in [0, 0.05) is 0 Å². The van der Waals surface area contributed by atoms with Gasteiger partial charge in [-0.25, -0.2) is 4.79 Å². The molecule has 0 aliphatic heterocycles. The molecule has 0 atom stereocenters. The molecule has 5 nitrogen and oxygen atoms in total. The Balaban J connectivity index is 0.000000640. The Labute approximate surface area is 56.1 Å². The summed E-state index contributed by atoms with van der Waals surface area (Å²) in [5.41, 5.74) is 0. The fourth-order valence-corrected chi connectivity index (χ4v) is 0.266. The van der Waals surface area contributed by atoms with Crippen LogP contribution in [0.1, 0.15) is 10.7 Å². The van der Waals surface area contributed by atoms with Gasteiger partial charge in [0.15, 0.2) is 0 Å². The van der Waals surface area contributed by atoms with E-state index in [1.54, 1.807) is 0 Å². The van der Waals surface area contributed by atoms with E-state index in [0.29, 0.717) is 0 Å². The number of nitrogens with zero attached hydrogens (tertiary/aromatic N) is 2. The van der Waals surface area contributed by atoms with Crippen LogP contribution in [0.4, 0.5) is 0 Å². The number of hydrogen-bond acceptors (Lipinski definition) is 4. The lowest BCUT2D eigenvalue weighted by Gasteiger charge is -1.75. The Morgan fingerprint density at radius 3 is 2.67 bits per heavy atom. The molecule has 6 heteroatoms. The second-order valence-electron chi connectivity index (χ2n) is 1.05. The SMILES string of the molecule is Cl.O=C(O)c1nnco1. The predicted octanol–water partition coefficient (Wildman–Crippen LogP) is 0.190. The summed E-state index contributed by atoms with van der Waals surface area (Å²) in [7, 11) is 0. The normalized spacial score (nSPS) is 8.00. The quantitative estimate of drug-likeness (QED) is 0.619. The lowest BCUT2D eigenvalue weighted by atomic mass is 10.7. The van der Waals surface area contributed by atoms with Crippen LogP contribution in [0, 0.1) is 0 Å². The third kappa shape index (κ3) is 1.69. The zero-order valence-corrected chi connectivity index (χ0v) is 4.96. The standard InChI is InChI=1S/C3H2N2O3.ClH/c6-3(7)2-5-4-1-8-2;/h1H,(H,6,7);1H. The number of halogens is 1. The third-order valence-corrected chi connectivity index (χ3v) is 0.543. The van der Waals surface area contributed by atoms with E-state index >= 15 is 0 Å². The lowest BCUT2D eigenvalue weighted by Crippen LogP contribution is -1.95. The van der Waals surface area contributed by atoms with Gasteiger partial charge < -0.3 is 9.52 Å². The summed E-state index contributed by atoms with van der Waals surface area (Å²) >= 11 is 0. The average Bonchev–Trinajstić information content (AvgIpc) is 2.12. The van der Waals surface area contributed by atoms with Gasteiger partial charge in [0.2, 0.25) is 6.39 Å². The third-order valence-electron chi connectivity index (χ3n) is 0.543. The largest absolute Gasteiger partial charge is 0.474 e. The highest BCUT2D eigenvalue weighted by Gasteiger charge is 2.05. The van der Waals surface area contributed by atoms with E-state index in [1.807, 2.05) is 0 Å². The average molecular weight is 151 g/mol. The van der Waals surface area contributed by atoms with E-state index in [4.69, 9.17) is 5.11 Å². The maximum Gasteiger partial charge on any atom is 0.393 e. The maximum atomic E-state index is 9.87. The van der Waals surface area contributed by atoms with Crippen LogP contribution < -0.4 is 0 Å². The summed E-state index contributed by atoms with van der Waals surface area (Å²) in [6, 6.07) is 0. The van der Waals surface area contributed by atoms with Crippen LogP contribution >= 0.6 is 12.4 Å². The molecule has 0 aliphatic carbocycles. The Kier molecular flexibility index (Phi) is 2.66. The molecule has 1 N–H and O–H groups in total. The van der Waals surface area contributed by atoms with Crippen molar-refractivity contribution >= 4 is 18.4 Å². The molecule has 0 spiro atoms. The topological polar surface area (TPSA) is 76.2 Å². The molecular formula is C3H3ClN2O3. The molecule has 0 saturated heterocycles. The molecule has 0 unspecified atom stereocenters. The van der Waals surface area contributed by atoms with Gasteiger partial charge in [-0.1, -0.05) is 0 Å². The summed E-state index contributed by atoms with van der Waals surface area (Å²) in [4.78, 5) is 9.87. The van der Waals surface area contributed by atoms with E-state index in [0.717, 1.165) is 6.39 Å². The molecule has 1 aromatic rings. The van der Waals surface area contributed by atoms with Crippen molar-refractivity contribution in [3.8, 4) is 0 Å². The molecule has 1 rings (SSSR count). The second-order valence-corrected chi connectivity index (χ2v) is 1.05. The van der Waals surface area contributed by atoms with Crippen molar-refractivity contribution in [2.45, 2.75) is 0 Å². The molecular weight excluding hydrogens is 147 g/mol. The zero-order valence-electron chi connectivity index (χ0n) is 4.14.